The summed E-state index contributed by atoms with van der Waals surface area (Å²) in [6, 6.07) is 0.373. The Labute approximate surface area is 152 Å². The number of nitrogens with zero attached hydrogens (tertiary/aromatic N) is 1. The fourth-order valence-corrected chi connectivity index (χ4v) is 3.57. The third kappa shape index (κ3) is 7.14. The topological polar surface area (TPSA) is 67.6 Å². The maximum atomic E-state index is 12.3. The molecule has 1 amide bonds. The fourth-order valence-electron chi connectivity index (χ4n) is 3.57. The van der Waals surface area contributed by atoms with E-state index < -0.39 is 0 Å². The molecule has 2 rings (SSSR count). The maximum absolute atomic E-state index is 12.3. The molecule has 0 bridgehead atoms. The number of ether oxygens (including phenoxy) is 1. The van der Waals surface area contributed by atoms with E-state index in [1.54, 1.807) is 0 Å². The van der Waals surface area contributed by atoms with Crippen molar-refractivity contribution in [1.82, 2.24) is 10.2 Å². The van der Waals surface area contributed by atoms with Gasteiger partial charge >= 0.3 is 0 Å². The standard InChI is InChI=1S/C16H31N3O2.2ClH/c1-14(19-7-9-21-10-8-19)12-18-15(20)11-16(13-17)5-3-2-4-6-16;;/h14H,2-13,17H2,1H3,(H,18,20);2*1H. The SMILES string of the molecule is CC(CNC(=O)CC1(CN)CCCCC1)N1CCOCC1.Cl.Cl. The highest BCUT2D eigenvalue weighted by Gasteiger charge is 2.33. The summed E-state index contributed by atoms with van der Waals surface area (Å²) < 4.78 is 5.36. The number of rotatable bonds is 6. The molecule has 138 valence electrons. The molecule has 1 aliphatic heterocycles. The number of halogens is 2. The summed E-state index contributed by atoms with van der Waals surface area (Å²) in [5.74, 6) is 0.169. The zero-order chi connectivity index (χ0) is 15.1. The molecule has 5 nitrogen and oxygen atoms in total. The Morgan fingerprint density at radius 1 is 1.22 bits per heavy atom. The molecule has 0 aromatic carbocycles. The number of carbonyl (C=O) groups excluding carboxylic acids is 1. The number of amides is 1. The van der Waals surface area contributed by atoms with Crippen LogP contribution >= 0.6 is 24.8 Å². The minimum Gasteiger partial charge on any atom is -0.379 e. The van der Waals surface area contributed by atoms with Crippen molar-refractivity contribution in [2.75, 3.05) is 39.4 Å². The predicted octanol–water partition coefficient (Wildman–Crippen LogP) is 1.97. The molecule has 1 aliphatic carbocycles. The molecule has 2 fully saturated rings. The van der Waals surface area contributed by atoms with Crippen LogP contribution in [0, 0.1) is 5.41 Å². The number of hydrogen-bond donors (Lipinski definition) is 2. The molecule has 7 heteroatoms. The Morgan fingerprint density at radius 2 is 1.83 bits per heavy atom. The van der Waals surface area contributed by atoms with Gasteiger partial charge in [-0.2, -0.15) is 0 Å². The Balaban J connectivity index is 0.00000242. The molecular formula is C16H33Cl2N3O2. The van der Waals surface area contributed by atoms with Crippen molar-refractivity contribution in [3.63, 3.8) is 0 Å². The van der Waals surface area contributed by atoms with Crippen molar-refractivity contribution in [3.8, 4) is 0 Å². The van der Waals surface area contributed by atoms with Crippen LogP contribution in [0.25, 0.3) is 0 Å². The van der Waals surface area contributed by atoms with E-state index >= 15 is 0 Å². The Hall–Kier alpha value is -0.0700. The number of morpholine rings is 1. The van der Waals surface area contributed by atoms with Gasteiger partial charge in [-0.1, -0.05) is 19.3 Å². The van der Waals surface area contributed by atoms with Gasteiger partial charge in [0.25, 0.3) is 0 Å². The van der Waals surface area contributed by atoms with E-state index in [0.717, 1.165) is 45.7 Å². The molecule has 0 aromatic rings. The van der Waals surface area contributed by atoms with Gasteiger partial charge in [0.05, 0.1) is 13.2 Å². The lowest BCUT2D eigenvalue weighted by atomic mass is 9.71. The molecule has 2 aliphatic rings. The fraction of sp³-hybridized carbons (Fsp3) is 0.938. The molecule has 0 spiro atoms. The Kier molecular flexibility index (Phi) is 11.4. The summed E-state index contributed by atoms with van der Waals surface area (Å²) in [5, 5.41) is 3.11. The summed E-state index contributed by atoms with van der Waals surface area (Å²) in [7, 11) is 0. The van der Waals surface area contributed by atoms with Crippen LogP contribution in [0.1, 0.15) is 45.4 Å². The average molecular weight is 370 g/mol. The molecular weight excluding hydrogens is 337 g/mol. The quantitative estimate of drug-likeness (QED) is 0.750. The zero-order valence-corrected chi connectivity index (χ0v) is 15.9. The monoisotopic (exact) mass is 369 g/mol. The molecule has 0 radical (unpaired) electrons. The van der Waals surface area contributed by atoms with E-state index in [2.05, 4.69) is 17.1 Å². The van der Waals surface area contributed by atoms with Crippen molar-refractivity contribution in [1.29, 1.82) is 0 Å². The van der Waals surface area contributed by atoms with Crippen molar-refractivity contribution < 1.29 is 9.53 Å². The predicted molar refractivity (Wildman–Crippen MR) is 98.5 cm³/mol. The van der Waals surface area contributed by atoms with Crippen LogP contribution in [-0.4, -0.2) is 56.2 Å². The smallest absolute Gasteiger partial charge is 0.220 e. The van der Waals surface area contributed by atoms with Crippen LogP contribution in [0.2, 0.25) is 0 Å². The van der Waals surface area contributed by atoms with Crippen LogP contribution in [0.4, 0.5) is 0 Å². The molecule has 1 saturated heterocycles. The molecule has 1 unspecified atom stereocenters. The zero-order valence-electron chi connectivity index (χ0n) is 14.2. The van der Waals surface area contributed by atoms with E-state index in [1.807, 2.05) is 0 Å². The number of hydrogen-bond acceptors (Lipinski definition) is 4. The molecule has 23 heavy (non-hydrogen) atoms. The first kappa shape index (κ1) is 22.9. The lowest BCUT2D eigenvalue weighted by molar-refractivity contribution is -0.124. The van der Waals surface area contributed by atoms with Crippen molar-refractivity contribution in [2.24, 2.45) is 11.1 Å². The van der Waals surface area contributed by atoms with Gasteiger partial charge in [-0.25, -0.2) is 0 Å². The van der Waals surface area contributed by atoms with Gasteiger partial charge in [0.15, 0.2) is 0 Å². The van der Waals surface area contributed by atoms with Crippen molar-refractivity contribution in [3.05, 3.63) is 0 Å². The first-order chi connectivity index (χ1) is 10.2. The van der Waals surface area contributed by atoms with Crippen molar-refractivity contribution in [2.45, 2.75) is 51.5 Å². The highest BCUT2D eigenvalue weighted by molar-refractivity contribution is 5.85. The number of carbonyl (C=O) groups is 1. The van der Waals surface area contributed by atoms with Gasteiger partial charge in [0.1, 0.15) is 0 Å². The van der Waals surface area contributed by atoms with Crippen LogP contribution in [0.3, 0.4) is 0 Å². The summed E-state index contributed by atoms with van der Waals surface area (Å²) >= 11 is 0. The van der Waals surface area contributed by atoms with Gasteiger partial charge in [0.2, 0.25) is 5.91 Å². The molecule has 1 heterocycles. The summed E-state index contributed by atoms with van der Waals surface area (Å²) in [5.41, 5.74) is 6.02. The van der Waals surface area contributed by atoms with Gasteiger partial charge in [-0.15, -0.1) is 24.8 Å². The minimum atomic E-state index is 0. The van der Waals surface area contributed by atoms with E-state index in [-0.39, 0.29) is 36.1 Å². The minimum absolute atomic E-state index is 0. The second-order valence-electron chi connectivity index (χ2n) is 6.74. The van der Waals surface area contributed by atoms with Crippen LogP contribution in [0.15, 0.2) is 0 Å². The molecule has 0 aromatic heterocycles. The highest BCUT2D eigenvalue weighted by Crippen LogP contribution is 2.38. The Bertz CT molecular complexity index is 333. The van der Waals surface area contributed by atoms with E-state index in [4.69, 9.17) is 10.5 Å². The average Bonchev–Trinajstić information content (AvgIpc) is 2.54. The Morgan fingerprint density at radius 3 is 2.39 bits per heavy atom. The van der Waals surface area contributed by atoms with Gasteiger partial charge in [-0.3, -0.25) is 9.69 Å². The summed E-state index contributed by atoms with van der Waals surface area (Å²) in [6.45, 7) is 7.06. The normalized spacial score (nSPS) is 22.3. The van der Waals surface area contributed by atoms with Gasteiger partial charge in [0, 0.05) is 32.1 Å². The van der Waals surface area contributed by atoms with E-state index in [9.17, 15) is 4.79 Å². The third-order valence-electron chi connectivity index (χ3n) is 5.15. The number of nitrogens with one attached hydrogen (secondary N) is 1. The molecule has 3 N–H and O–H groups in total. The van der Waals surface area contributed by atoms with Crippen LogP contribution < -0.4 is 11.1 Å². The van der Waals surface area contributed by atoms with Gasteiger partial charge in [-0.05, 0) is 31.7 Å². The lowest BCUT2D eigenvalue weighted by Gasteiger charge is -2.36. The van der Waals surface area contributed by atoms with E-state index in [1.165, 1.54) is 19.3 Å². The second-order valence-corrected chi connectivity index (χ2v) is 6.74. The third-order valence-corrected chi connectivity index (χ3v) is 5.15. The lowest BCUT2D eigenvalue weighted by Crippen LogP contribution is -2.48. The van der Waals surface area contributed by atoms with E-state index in [0.29, 0.717) is 19.0 Å². The summed E-state index contributed by atoms with van der Waals surface area (Å²) in [6.07, 6.45) is 6.53. The first-order valence-electron chi connectivity index (χ1n) is 8.44. The van der Waals surface area contributed by atoms with Crippen molar-refractivity contribution >= 4 is 30.7 Å². The van der Waals surface area contributed by atoms with Crippen LogP contribution in [0.5, 0.6) is 0 Å². The molecule has 1 atom stereocenters. The first-order valence-corrected chi connectivity index (χ1v) is 8.44. The largest absolute Gasteiger partial charge is 0.379 e. The second kappa shape index (κ2) is 11.5. The maximum Gasteiger partial charge on any atom is 0.220 e. The number of nitrogens with two attached hydrogens (primary N) is 1. The summed E-state index contributed by atoms with van der Waals surface area (Å²) in [4.78, 5) is 14.6. The molecule has 1 saturated carbocycles. The van der Waals surface area contributed by atoms with Gasteiger partial charge < -0.3 is 15.8 Å². The van der Waals surface area contributed by atoms with Crippen LogP contribution in [-0.2, 0) is 9.53 Å². The highest BCUT2D eigenvalue weighted by atomic mass is 35.5.